The third-order valence-corrected chi connectivity index (χ3v) is 3.10. The van der Waals surface area contributed by atoms with Crippen molar-refractivity contribution in [1.82, 2.24) is 4.98 Å². The zero-order valence-electron chi connectivity index (χ0n) is 11.6. The van der Waals surface area contributed by atoms with Crippen LogP contribution in [-0.4, -0.2) is 16.1 Å². The predicted octanol–water partition coefficient (Wildman–Crippen LogP) is 3.52. The highest BCUT2D eigenvalue weighted by atomic mass is 16.4. The number of pyridine rings is 1. The Morgan fingerprint density at radius 1 is 1.30 bits per heavy atom. The fraction of sp³-hybridized carbons (Fsp3) is 0.250. The van der Waals surface area contributed by atoms with Crippen LogP contribution in [0.2, 0.25) is 0 Å². The van der Waals surface area contributed by atoms with Crippen molar-refractivity contribution in [2.45, 2.75) is 26.3 Å². The lowest BCUT2D eigenvalue weighted by molar-refractivity contribution is 0.0696. The van der Waals surface area contributed by atoms with E-state index in [0.717, 1.165) is 11.4 Å². The highest BCUT2D eigenvalue weighted by molar-refractivity contribution is 5.87. The summed E-state index contributed by atoms with van der Waals surface area (Å²) in [4.78, 5) is 14.9. The summed E-state index contributed by atoms with van der Waals surface area (Å²) in [6.07, 6.45) is 1.38. The number of benzene rings is 1. The third kappa shape index (κ3) is 3.57. The standard InChI is InChI=1S/C16H18N2O2/c1-11(2)12-4-3-5-14(8-12)18-10-15-7-6-13(9-17-15)16(19)20/h3-9,11,18H,10H2,1-2H3,(H,19,20). The highest BCUT2D eigenvalue weighted by Crippen LogP contribution is 2.18. The molecule has 4 nitrogen and oxygen atoms in total. The molecule has 0 bridgehead atoms. The van der Waals surface area contributed by atoms with E-state index in [9.17, 15) is 4.79 Å². The second-order valence-corrected chi connectivity index (χ2v) is 4.98. The van der Waals surface area contributed by atoms with Crippen LogP contribution in [0.5, 0.6) is 0 Å². The second kappa shape index (κ2) is 6.19. The smallest absolute Gasteiger partial charge is 0.337 e. The van der Waals surface area contributed by atoms with Crippen LogP contribution in [0, 0.1) is 0 Å². The molecule has 0 amide bonds. The average molecular weight is 270 g/mol. The number of hydrogen-bond acceptors (Lipinski definition) is 3. The van der Waals surface area contributed by atoms with Crippen LogP contribution in [0.4, 0.5) is 5.69 Å². The van der Waals surface area contributed by atoms with Crippen LogP contribution in [0.15, 0.2) is 42.6 Å². The van der Waals surface area contributed by atoms with Gasteiger partial charge in [0.15, 0.2) is 0 Å². The topological polar surface area (TPSA) is 62.2 Å². The van der Waals surface area contributed by atoms with Gasteiger partial charge in [-0.05, 0) is 35.7 Å². The minimum Gasteiger partial charge on any atom is -0.478 e. The Balaban J connectivity index is 2.01. The van der Waals surface area contributed by atoms with Crippen LogP contribution in [-0.2, 0) is 6.54 Å². The van der Waals surface area contributed by atoms with Gasteiger partial charge in [0, 0.05) is 11.9 Å². The van der Waals surface area contributed by atoms with Gasteiger partial charge in [-0.15, -0.1) is 0 Å². The van der Waals surface area contributed by atoms with Crippen molar-refractivity contribution >= 4 is 11.7 Å². The van der Waals surface area contributed by atoms with Gasteiger partial charge in [0.05, 0.1) is 17.8 Å². The molecular weight excluding hydrogens is 252 g/mol. The molecule has 1 aromatic carbocycles. The molecule has 2 rings (SSSR count). The van der Waals surface area contributed by atoms with Crippen molar-refractivity contribution in [2.75, 3.05) is 5.32 Å². The van der Waals surface area contributed by atoms with Crippen LogP contribution in [0.25, 0.3) is 0 Å². The first kappa shape index (κ1) is 14.1. The molecule has 0 saturated heterocycles. The normalized spacial score (nSPS) is 10.6. The molecule has 2 aromatic rings. The molecule has 2 N–H and O–H groups in total. The minimum absolute atomic E-state index is 0.204. The lowest BCUT2D eigenvalue weighted by Gasteiger charge is -2.10. The average Bonchev–Trinajstić information content (AvgIpc) is 2.46. The molecule has 104 valence electrons. The molecule has 0 unspecified atom stereocenters. The van der Waals surface area contributed by atoms with Gasteiger partial charge in [-0.2, -0.15) is 0 Å². The maximum Gasteiger partial charge on any atom is 0.337 e. The van der Waals surface area contributed by atoms with Crippen molar-refractivity contribution in [1.29, 1.82) is 0 Å². The van der Waals surface area contributed by atoms with E-state index in [2.05, 4.69) is 36.3 Å². The fourth-order valence-corrected chi connectivity index (χ4v) is 1.86. The number of anilines is 1. The number of carboxylic acids is 1. The summed E-state index contributed by atoms with van der Waals surface area (Å²) < 4.78 is 0. The largest absolute Gasteiger partial charge is 0.478 e. The van der Waals surface area contributed by atoms with Crippen molar-refractivity contribution in [3.8, 4) is 0 Å². The number of nitrogens with zero attached hydrogens (tertiary/aromatic N) is 1. The van der Waals surface area contributed by atoms with Gasteiger partial charge in [-0.3, -0.25) is 4.98 Å². The number of hydrogen-bond donors (Lipinski definition) is 2. The van der Waals surface area contributed by atoms with E-state index in [0.29, 0.717) is 12.5 Å². The van der Waals surface area contributed by atoms with Crippen molar-refractivity contribution in [3.63, 3.8) is 0 Å². The maximum absolute atomic E-state index is 10.7. The molecule has 0 saturated carbocycles. The van der Waals surface area contributed by atoms with E-state index < -0.39 is 5.97 Å². The zero-order valence-corrected chi connectivity index (χ0v) is 11.6. The van der Waals surface area contributed by atoms with Gasteiger partial charge < -0.3 is 10.4 Å². The third-order valence-electron chi connectivity index (χ3n) is 3.10. The molecule has 0 radical (unpaired) electrons. The summed E-state index contributed by atoms with van der Waals surface area (Å²) >= 11 is 0. The quantitative estimate of drug-likeness (QED) is 0.872. The molecule has 0 spiro atoms. The van der Waals surface area contributed by atoms with Gasteiger partial charge in [0.1, 0.15) is 0 Å². The van der Waals surface area contributed by atoms with E-state index in [1.807, 2.05) is 12.1 Å². The number of aromatic nitrogens is 1. The molecule has 0 aliphatic heterocycles. The molecule has 0 fully saturated rings. The SMILES string of the molecule is CC(C)c1cccc(NCc2ccc(C(=O)O)cn2)c1. The van der Waals surface area contributed by atoms with Crippen molar-refractivity contribution in [3.05, 3.63) is 59.4 Å². The van der Waals surface area contributed by atoms with E-state index in [4.69, 9.17) is 5.11 Å². The number of aromatic carboxylic acids is 1. The predicted molar refractivity (Wildman–Crippen MR) is 79.1 cm³/mol. The lowest BCUT2D eigenvalue weighted by Crippen LogP contribution is -2.04. The first-order chi connectivity index (χ1) is 9.56. The van der Waals surface area contributed by atoms with Gasteiger partial charge in [0.2, 0.25) is 0 Å². The van der Waals surface area contributed by atoms with Gasteiger partial charge >= 0.3 is 5.97 Å². The molecule has 1 aromatic heterocycles. The molecule has 0 atom stereocenters. The number of rotatable bonds is 5. The van der Waals surface area contributed by atoms with Crippen LogP contribution in [0.1, 0.15) is 41.4 Å². The van der Waals surface area contributed by atoms with Crippen molar-refractivity contribution < 1.29 is 9.90 Å². The van der Waals surface area contributed by atoms with Gasteiger partial charge in [-0.25, -0.2) is 4.79 Å². The second-order valence-electron chi connectivity index (χ2n) is 4.98. The Labute approximate surface area is 118 Å². The van der Waals surface area contributed by atoms with Crippen molar-refractivity contribution in [2.24, 2.45) is 0 Å². The van der Waals surface area contributed by atoms with Gasteiger partial charge in [0.25, 0.3) is 0 Å². The van der Waals surface area contributed by atoms with Crippen LogP contribution < -0.4 is 5.32 Å². The summed E-state index contributed by atoms with van der Waals surface area (Å²) in [5.74, 6) is -0.466. The molecule has 1 heterocycles. The monoisotopic (exact) mass is 270 g/mol. The molecular formula is C16H18N2O2. The van der Waals surface area contributed by atoms with E-state index in [1.54, 1.807) is 12.1 Å². The summed E-state index contributed by atoms with van der Waals surface area (Å²) in [6, 6.07) is 11.6. The Hall–Kier alpha value is -2.36. The summed E-state index contributed by atoms with van der Waals surface area (Å²) in [5, 5.41) is 12.1. The Morgan fingerprint density at radius 3 is 2.70 bits per heavy atom. The first-order valence-corrected chi connectivity index (χ1v) is 6.58. The Morgan fingerprint density at radius 2 is 2.10 bits per heavy atom. The fourth-order valence-electron chi connectivity index (χ4n) is 1.86. The molecule has 0 aliphatic carbocycles. The maximum atomic E-state index is 10.7. The summed E-state index contributed by atoms with van der Waals surface area (Å²) in [6.45, 7) is 4.89. The van der Waals surface area contributed by atoms with Gasteiger partial charge in [-0.1, -0.05) is 26.0 Å². The summed E-state index contributed by atoms with van der Waals surface area (Å²) in [7, 11) is 0. The van der Waals surface area contributed by atoms with E-state index in [-0.39, 0.29) is 5.56 Å². The highest BCUT2D eigenvalue weighted by Gasteiger charge is 2.03. The Kier molecular flexibility index (Phi) is 4.35. The van der Waals surface area contributed by atoms with E-state index >= 15 is 0 Å². The number of carboxylic acid groups (broad SMARTS) is 1. The molecule has 0 aliphatic rings. The molecule has 20 heavy (non-hydrogen) atoms. The number of carbonyl (C=O) groups is 1. The first-order valence-electron chi connectivity index (χ1n) is 6.58. The summed E-state index contributed by atoms with van der Waals surface area (Å²) in [5.41, 5.74) is 3.34. The van der Waals surface area contributed by atoms with E-state index in [1.165, 1.54) is 11.8 Å². The Bertz CT molecular complexity index is 592. The lowest BCUT2D eigenvalue weighted by atomic mass is 10.0. The molecule has 4 heteroatoms. The number of nitrogens with one attached hydrogen (secondary N) is 1. The van der Waals surface area contributed by atoms with Crippen LogP contribution >= 0.6 is 0 Å². The minimum atomic E-state index is -0.957. The zero-order chi connectivity index (χ0) is 14.5. The van der Waals surface area contributed by atoms with Crippen LogP contribution in [0.3, 0.4) is 0 Å².